The van der Waals surface area contributed by atoms with Crippen LogP contribution in [0.5, 0.6) is 5.75 Å². The van der Waals surface area contributed by atoms with E-state index in [1.165, 1.54) is 18.1 Å². The topological polar surface area (TPSA) is 64.4 Å². The Hall–Kier alpha value is -2.77. The van der Waals surface area contributed by atoms with Crippen LogP contribution in [-0.4, -0.2) is 39.8 Å². The number of hydrogen-bond acceptors (Lipinski definition) is 4. The van der Waals surface area contributed by atoms with E-state index in [1.807, 2.05) is 0 Å². The molecule has 0 unspecified atom stereocenters. The Bertz CT molecular complexity index is 729. The zero-order valence-electron chi connectivity index (χ0n) is 14.0. The molecular formula is C17H19F2N3O3. The number of Topliss-reactive ketones (excluding diaryl/α,β-unsaturated/α-hetero) is 1. The Morgan fingerprint density at radius 3 is 2.56 bits per heavy atom. The third-order valence-electron chi connectivity index (χ3n) is 3.62. The first-order valence-electron chi connectivity index (χ1n) is 7.72. The number of alkyl halides is 2. The summed E-state index contributed by atoms with van der Waals surface area (Å²) in [5, 5.41) is 0. The average Bonchev–Trinajstić information content (AvgIpc) is 3.07. The first-order valence-corrected chi connectivity index (χ1v) is 7.72. The van der Waals surface area contributed by atoms with Gasteiger partial charge in [-0.05, 0) is 24.3 Å². The summed E-state index contributed by atoms with van der Waals surface area (Å²) in [6.07, 6.45) is 2.83. The van der Waals surface area contributed by atoms with Crippen LogP contribution in [0.25, 0.3) is 0 Å². The maximum Gasteiger partial charge on any atom is 0.319 e. The molecule has 0 spiro atoms. The van der Waals surface area contributed by atoms with Crippen molar-refractivity contribution < 1.29 is 23.1 Å². The van der Waals surface area contributed by atoms with Crippen LogP contribution in [0.4, 0.5) is 8.78 Å². The van der Waals surface area contributed by atoms with Gasteiger partial charge in [0.2, 0.25) is 0 Å². The van der Waals surface area contributed by atoms with Gasteiger partial charge in [0.15, 0.2) is 12.4 Å². The molecule has 0 aliphatic rings. The summed E-state index contributed by atoms with van der Waals surface area (Å²) in [6, 6.07) is 6.49. The number of aromatic nitrogens is 2. The molecule has 25 heavy (non-hydrogen) atoms. The summed E-state index contributed by atoms with van der Waals surface area (Å²) in [5.74, 6) is 0.186. The molecule has 0 radical (unpaired) electrons. The van der Waals surface area contributed by atoms with Gasteiger partial charge in [0, 0.05) is 31.4 Å². The van der Waals surface area contributed by atoms with Crippen molar-refractivity contribution in [3.63, 3.8) is 0 Å². The minimum absolute atomic E-state index is 0.0249. The van der Waals surface area contributed by atoms with E-state index in [-0.39, 0.29) is 30.7 Å². The SMILES string of the molecule is CCC(=O)c1ccc(OCC(=O)N(C)Cc2nccn2C(F)F)cc1. The van der Waals surface area contributed by atoms with Crippen LogP contribution < -0.4 is 4.74 Å². The van der Waals surface area contributed by atoms with E-state index in [4.69, 9.17) is 4.74 Å². The normalized spacial score (nSPS) is 10.8. The smallest absolute Gasteiger partial charge is 0.319 e. The Morgan fingerprint density at radius 2 is 1.96 bits per heavy atom. The van der Waals surface area contributed by atoms with E-state index in [0.717, 1.165) is 6.20 Å². The zero-order valence-corrected chi connectivity index (χ0v) is 14.0. The summed E-state index contributed by atoms with van der Waals surface area (Å²) in [6.45, 7) is -1.22. The van der Waals surface area contributed by atoms with Crippen LogP contribution in [0.1, 0.15) is 36.1 Å². The Balaban J connectivity index is 1.89. The summed E-state index contributed by atoms with van der Waals surface area (Å²) in [4.78, 5) is 28.7. The minimum Gasteiger partial charge on any atom is -0.484 e. The number of hydrogen-bond donors (Lipinski definition) is 0. The first kappa shape index (κ1) is 18.6. The Kier molecular flexibility index (Phi) is 6.21. The van der Waals surface area contributed by atoms with Crippen LogP contribution in [0.3, 0.4) is 0 Å². The number of nitrogens with zero attached hydrogens (tertiary/aromatic N) is 3. The van der Waals surface area contributed by atoms with Gasteiger partial charge in [-0.15, -0.1) is 0 Å². The fourth-order valence-corrected chi connectivity index (χ4v) is 2.14. The summed E-state index contributed by atoms with van der Waals surface area (Å²) < 4.78 is 31.6. The average molecular weight is 351 g/mol. The quantitative estimate of drug-likeness (QED) is 0.686. The van der Waals surface area contributed by atoms with E-state index in [2.05, 4.69) is 4.98 Å². The van der Waals surface area contributed by atoms with Gasteiger partial charge >= 0.3 is 6.55 Å². The number of ether oxygens (including phenoxy) is 1. The third-order valence-corrected chi connectivity index (χ3v) is 3.62. The van der Waals surface area contributed by atoms with Crippen molar-refractivity contribution in [3.05, 3.63) is 48.0 Å². The number of likely N-dealkylation sites (N-methyl/N-ethyl adjacent to an activating group) is 1. The number of carbonyl (C=O) groups excluding carboxylic acids is 2. The number of rotatable bonds is 8. The van der Waals surface area contributed by atoms with E-state index in [1.54, 1.807) is 31.2 Å². The molecule has 0 N–H and O–H groups in total. The highest BCUT2D eigenvalue weighted by molar-refractivity contribution is 5.95. The van der Waals surface area contributed by atoms with Gasteiger partial charge < -0.3 is 9.64 Å². The maximum absolute atomic E-state index is 12.8. The molecule has 2 aromatic rings. The number of amides is 1. The van der Waals surface area contributed by atoms with Gasteiger partial charge in [-0.25, -0.2) is 4.98 Å². The lowest BCUT2D eigenvalue weighted by molar-refractivity contribution is -0.132. The van der Waals surface area contributed by atoms with E-state index >= 15 is 0 Å². The molecule has 0 bridgehead atoms. The molecule has 8 heteroatoms. The molecule has 0 saturated carbocycles. The van der Waals surface area contributed by atoms with Gasteiger partial charge in [0.1, 0.15) is 11.6 Å². The zero-order chi connectivity index (χ0) is 18.4. The molecule has 1 aromatic heterocycles. The molecule has 134 valence electrons. The highest BCUT2D eigenvalue weighted by Crippen LogP contribution is 2.15. The standard InChI is InChI=1S/C17H19F2N3O3/c1-3-14(23)12-4-6-13(7-5-12)25-11-16(24)21(2)10-15-20-8-9-22(15)17(18)19/h4-9,17H,3,10-11H2,1-2H3. The van der Waals surface area contributed by atoms with Crippen LogP contribution in [0.15, 0.2) is 36.7 Å². The number of benzene rings is 1. The second-order valence-corrected chi connectivity index (χ2v) is 5.37. The molecule has 0 aliphatic heterocycles. The predicted molar refractivity (Wildman–Crippen MR) is 86.5 cm³/mol. The second kappa shape index (κ2) is 8.36. The molecule has 1 heterocycles. The van der Waals surface area contributed by atoms with Crippen LogP contribution in [0.2, 0.25) is 0 Å². The molecule has 0 saturated heterocycles. The van der Waals surface area contributed by atoms with Crippen molar-refractivity contribution in [2.24, 2.45) is 0 Å². The third kappa shape index (κ3) is 4.85. The molecule has 2 rings (SSSR count). The summed E-state index contributed by atoms with van der Waals surface area (Å²) in [7, 11) is 1.49. The van der Waals surface area contributed by atoms with E-state index in [0.29, 0.717) is 22.3 Å². The van der Waals surface area contributed by atoms with Gasteiger partial charge in [-0.3, -0.25) is 14.2 Å². The molecule has 1 aromatic carbocycles. The van der Waals surface area contributed by atoms with Crippen molar-refractivity contribution in [2.75, 3.05) is 13.7 Å². The van der Waals surface area contributed by atoms with Gasteiger partial charge in [-0.1, -0.05) is 6.92 Å². The van der Waals surface area contributed by atoms with Crippen molar-refractivity contribution >= 4 is 11.7 Å². The predicted octanol–water partition coefficient (Wildman–Crippen LogP) is 2.91. The van der Waals surface area contributed by atoms with Crippen molar-refractivity contribution in [1.29, 1.82) is 0 Å². The highest BCUT2D eigenvalue weighted by Gasteiger charge is 2.16. The lowest BCUT2D eigenvalue weighted by Crippen LogP contribution is -2.32. The van der Waals surface area contributed by atoms with Gasteiger partial charge in [0.05, 0.1) is 6.54 Å². The lowest BCUT2D eigenvalue weighted by atomic mass is 10.1. The molecule has 6 nitrogen and oxygen atoms in total. The number of carbonyl (C=O) groups is 2. The number of halogens is 2. The van der Waals surface area contributed by atoms with Gasteiger partial charge in [0.25, 0.3) is 5.91 Å². The molecular weight excluding hydrogens is 332 g/mol. The lowest BCUT2D eigenvalue weighted by Gasteiger charge is -2.18. The van der Waals surface area contributed by atoms with Crippen molar-refractivity contribution in [2.45, 2.75) is 26.4 Å². The number of ketones is 1. The number of imidazole rings is 1. The van der Waals surface area contributed by atoms with Gasteiger partial charge in [-0.2, -0.15) is 8.78 Å². The minimum atomic E-state index is -2.71. The largest absolute Gasteiger partial charge is 0.484 e. The summed E-state index contributed by atoms with van der Waals surface area (Å²) >= 11 is 0. The van der Waals surface area contributed by atoms with E-state index < -0.39 is 6.55 Å². The molecule has 0 atom stereocenters. The molecule has 1 amide bonds. The second-order valence-electron chi connectivity index (χ2n) is 5.37. The fourth-order valence-electron chi connectivity index (χ4n) is 2.14. The fraction of sp³-hybridized carbons (Fsp3) is 0.353. The molecule has 0 aliphatic carbocycles. The first-order chi connectivity index (χ1) is 11.9. The molecule has 0 fully saturated rings. The van der Waals surface area contributed by atoms with Crippen LogP contribution in [-0.2, 0) is 11.3 Å². The van der Waals surface area contributed by atoms with E-state index in [9.17, 15) is 18.4 Å². The highest BCUT2D eigenvalue weighted by atomic mass is 19.3. The summed E-state index contributed by atoms with van der Waals surface area (Å²) in [5.41, 5.74) is 0.581. The van der Waals surface area contributed by atoms with Crippen molar-refractivity contribution in [1.82, 2.24) is 14.5 Å². The maximum atomic E-state index is 12.8. The van der Waals surface area contributed by atoms with Crippen molar-refractivity contribution in [3.8, 4) is 5.75 Å². The van der Waals surface area contributed by atoms with Crippen LogP contribution in [0, 0.1) is 0 Å². The monoisotopic (exact) mass is 351 g/mol. The Labute approximate surface area is 144 Å². The Morgan fingerprint density at radius 1 is 1.28 bits per heavy atom. The van der Waals surface area contributed by atoms with Crippen LogP contribution >= 0.6 is 0 Å².